The quantitative estimate of drug-likeness (QED) is 0.147. The van der Waals surface area contributed by atoms with Crippen LogP contribution in [0.2, 0.25) is 0 Å². The van der Waals surface area contributed by atoms with Gasteiger partial charge in [0.2, 0.25) is 0 Å². The predicted molar refractivity (Wildman–Crippen MR) is 301 cm³/mol. The van der Waals surface area contributed by atoms with Crippen molar-refractivity contribution in [2.75, 3.05) is 0 Å². The number of rotatable bonds is 9. The van der Waals surface area contributed by atoms with Crippen LogP contribution >= 0.6 is 0 Å². The predicted octanol–water partition coefficient (Wildman–Crippen LogP) is 18.4. The van der Waals surface area contributed by atoms with Crippen molar-refractivity contribution in [1.29, 1.82) is 0 Å². The van der Waals surface area contributed by atoms with Gasteiger partial charge in [0.15, 0.2) is 0 Å². The van der Waals surface area contributed by atoms with E-state index in [9.17, 15) is 9.22 Å². The number of imidazole rings is 1. The molecule has 4 nitrogen and oxygen atoms in total. The summed E-state index contributed by atoms with van der Waals surface area (Å²) < 4.78 is 169. The molecular formula is C67H70N3OPt-. The minimum Gasteiger partial charge on any atom is -0.507 e. The molecule has 0 aliphatic rings. The second-order valence-corrected chi connectivity index (χ2v) is 21.0. The van der Waals surface area contributed by atoms with Crippen LogP contribution in [0.25, 0.3) is 83.9 Å². The molecule has 2 heterocycles. The number of aromatic hydroxyl groups is 1. The number of pyridine rings is 1. The molecule has 0 spiro atoms. The molecule has 0 saturated carbocycles. The average molecular weight is 1150 g/mol. The minimum atomic E-state index is -3.96. The summed E-state index contributed by atoms with van der Waals surface area (Å²) in [7, 11) is 0. The molecular weight excluding hydrogens is 1060 g/mol. The topological polar surface area (TPSA) is 50.9 Å². The molecule has 72 heavy (non-hydrogen) atoms. The fourth-order valence-corrected chi connectivity index (χ4v) is 8.85. The zero-order valence-corrected chi connectivity index (χ0v) is 44.4. The number of phenolic OH excluding ortho intramolecular Hbond substituents is 1. The normalized spacial score (nSPS) is 16.8. The molecule has 2 aromatic heterocycles. The van der Waals surface area contributed by atoms with Gasteiger partial charge in [0, 0.05) is 54.9 Å². The second kappa shape index (κ2) is 19.9. The summed E-state index contributed by atoms with van der Waals surface area (Å²) in [6, 6.07) is 30.8. The zero-order chi connectivity index (χ0) is 66.8. The number of hydrogen-bond donors (Lipinski definition) is 1. The van der Waals surface area contributed by atoms with Gasteiger partial charge in [-0.1, -0.05) is 204 Å². The van der Waals surface area contributed by atoms with E-state index in [0.29, 0.717) is 61.2 Å². The fraction of sp³-hybridized carbons (Fsp3) is 0.284. The third-order valence-electron chi connectivity index (χ3n) is 13.0. The zero-order valence-electron chi connectivity index (χ0n) is 61.2. The molecule has 0 aliphatic heterocycles. The Morgan fingerprint density at radius 3 is 1.92 bits per heavy atom. The van der Waals surface area contributed by atoms with Crippen molar-refractivity contribution in [2.24, 2.45) is 0 Å². The summed E-state index contributed by atoms with van der Waals surface area (Å²) >= 11 is 0. The van der Waals surface area contributed by atoms with Crippen LogP contribution in [0.15, 0.2) is 152 Å². The Balaban J connectivity index is 0.0000107. The van der Waals surface area contributed by atoms with Crippen molar-refractivity contribution in [2.45, 2.75) is 125 Å². The Bertz CT molecular complexity index is 4240. The Hall–Kier alpha value is -6.35. The Labute approximate surface area is 470 Å². The van der Waals surface area contributed by atoms with E-state index in [0.717, 1.165) is 16.7 Å². The van der Waals surface area contributed by atoms with Crippen LogP contribution < -0.4 is 0 Å². The summed E-state index contributed by atoms with van der Waals surface area (Å²) in [5.41, 5.74) is 0.468. The summed E-state index contributed by atoms with van der Waals surface area (Å²) in [4.78, 5) is 9.88. The molecule has 1 N–H and O–H groups in total. The first-order chi connectivity index (χ1) is 41.4. The van der Waals surface area contributed by atoms with Crippen LogP contribution in [-0.2, 0) is 37.3 Å². The van der Waals surface area contributed by atoms with Gasteiger partial charge in [-0.05, 0) is 121 Å². The fourth-order valence-electron chi connectivity index (χ4n) is 8.85. The van der Waals surface area contributed by atoms with E-state index in [1.807, 2.05) is 138 Å². The third kappa shape index (κ3) is 10.3. The molecule has 0 radical (unpaired) electrons. The van der Waals surface area contributed by atoms with Crippen molar-refractivity contribution in [3.05, 3.63) is 191 Å². The molecule has 370 valence electrons. The number of hydrogen-bond acceptors (Lipinski definition) is 3. The second-order valence-electron chi connectivity index (χ2n) is 21.0. The van der Waals surface area contributed by atoms with Gasteiger partial charge >= 0.3 is 0 Å². The molecule has 7 aromatic carbocycles. The van der Waals surface area contributed by atoms with Gasteiger partial charge in [0.05, 0.1) is 31.9 Å². The molecule has 0 unspecified atom stereocenters. The van der Waals surface area contributed by atoms with Crippen LogP contribution in [0.3, 0.4) is 0 Å². The molecule has 0 aliphatic carbocycles. The van der Waals surface area contributed by atoms with Gasteiger partial charge in [-0.2, -0.15) is 0 Å². The number of nitrogens with zero attached hydrogens (tertiary/aromatic N) is 3. The first-order valence-corrected chi connectivity index (χ1v) is 23.9. The molecule has 0 bridgehead atoms. The smallest absolute Gasteiger partial charge is 0.148 e. The molecule has 9 rings (SSSR count). The Morgan fingerprint density at radius 2 is 1.28 bits per heavy atom. The van der Waals surface area contributed by atoms with E-state index in [2.05, 4.69) is 31.8 Å². The number of benzene rings is 7. The Morgan fingerprint density at radius 1 is 0.597 bits per heavy atom. The van der Waals surface area contributed by atoms with Gasteiger partial charge < -0.3 is 5.11 Å². The van der Waals surface area contributed by atoms with Crippen LogP contribution in [0.5, 0.6) is 5.75 Å². The van der Waals surface area contributed by atoms with Crippen LogP contribution in [0, 0.1) is 12.9 Å². The van der Waals surface area contributed by atoms with Gasteiger partial charge in [0.25, 0.3) is 0 Å². The summed E-state index contributed by atoms with van der Waals surface area (Å²) in [6.45, 7) is 5.66. The SMILES string of the molecule is [2H]c1nc(-c2[c-]c(-c3cccc4c3nc(-c3cc(C(C)C)cc(C(C)C)c3O)n4-c3cc(C([2H])([2H])[2H])c(-c4ccc(C(C)(C)C)cc4)cc3-c3ccccc3)cc(C(C)(C)C)c2)c([2H])c(-c2c([2H])c([2H])c(C(C([2H])([2H])[2H])(C([2H])([2H])[2H])C([2H])([2H])[2H])c([2H])c2[2H])c1[2H].[Pt]. The first kappa shape index (κ1) is 32.7. The number of aromatic nitrogens is 3. The van der Waals surface area contributed by atoms with Crippen LogP contribution in [-0.4, -0.2) is 19.6 Å². The number of para-hydroxylation sites is 1. The first-order valence-electron chi connectivity index (χ1n) is 33.4. The van der Waals surface area contributed by atoms with Gasteiger partial charge in [-0.25, -0.2) is 4.98 Å². The van der Waals surface area contributed by atoms with Crippen molar-refractivity contribution >= 4 is 11.0 Å². The van der Waals surface area contributed by atoms with Crippen LogP contribution in [0.4, 0.5) is 0 Å². The van der Waals surface area contributed by atoms with E-state index in [4.69, 9.17) is 26.9 Å². The van der Waals surface area contributed by atoms with E-state index in [1.54, 1.807) is 24.3 Å². The Kier molecular flexibility index (Phi) is 9.04. The molecule has 9 aromatic rings. The molecule has 0 fully saturated rings. The maximum absolute atomic E-state index is 12.6. The van der Waals surface area contributed by atoms with Crippen molar-refractivity contribution in [3.63, 3.8) is 0 Å². The van der Waals surface area contributed by atoms with E-state index < -0.39 is 97.4 Å². The van der Waals surface area contributed by atoms with E-state index in [1.165, 1.54) is 0 Å². The average Bonchev–Trinajstić information content (AvgIpc) is 1.24. The maximum atomic E-state index is 12.6. The number of aryl methyl sites for hydroxylation is 1. The molecule has 0 amide bonds. The van der Waals surface area contributed by atoms with Crippen molar-refractivity contribution < 1.29 is 52.2 Å². The maximum Gasteiger partial charge on any atom is 0.148 e. The number of fused-ring (bicyclic) bond motifs is 1. The van der Waals surface area contributed by atoms with Crippen LogP contribution in [0.1, 0.15) is 161 Å². The largest absolute Gasteiger partial charge is 0.507 e. The van der Waals surface area contributed by atoms with Gasteiger partial charge in [-0.3, -0.25) is 9.55 Å². The molecule has 0 atom stereocenters. The third-order valence-corrected chi connectivity index (χ3v) is 13.0. The van der Waals surface area contributed by atoms with Gasteiger partial charge in [0.1, 0.15) is 11.6 Å². The van der Waals surface area contributed by atoms with Crippen molar-refractivity contribution in [3.8, 4) is 78.6 Å². The van der Waals surface area contributed by atoms with E-state index >= 15 is 0 Å². The molecule has 0 saturated heterocycles. The summed E-state index contributed by atoms with van der Waals surface area (Å²) in [5, 5.41) is 12.6. The standard InChI is InChI=1S/C67H70N3O.Pt/c1-41(2)48-37-55(42(3)4)63(71)58(38-48)64-69-62-54(49-34-50(36-53(35-49)67(12,13)14)59-39-47(31-32-68-59)44-23-27-51(28-24-44)65(6,7)8)21-18-22-60(62)70(64)61-33-43(5)56(40-57(61)45-19-16-15-17-20-45)46-25-29-52(30-26-46)66(9,10)11;/h15-33,35-42,71H,1-14H3;/q-1;/i5D3,6D3,7D3,8D3,23D,24D,27D,28D,31D,32D,39D;. The minimum absolute atomic E-state index is 0. The number of phenols is 1. The molecule has 5 heteroatoms. The summed E-state index contributed by atoms with van der Waals surface area (Å²) in [6.07, 6.45) is -0.789. The monoisotopic (exact) mass is 1150 g/mol. The van der Waals surface area contributed by atoms with E-state index in [-0.39, 0.29) is 66.7 Å². The van der Waals surface area contributed by atoms with Crippen molar-refractivity contribution in [1.82, 2.24) is 14.5 Å². The summed E-state index contributed by atoms with van der Waals surface area (Å²) in [5.74, 6) is 0.0867. The van der Waals surface area contributed by atoms with Gasteiger partial charge in [-0.15, -0.1) is 29.3 Å².